The van der Waals surface area contributed by atoms with Crippen LogP contribution in [0.5, 0.6) is 5.75 Å². The fraction of sp³-hybridized carbons (Fsp3) is 0.562. The Hall–Kier alpha value is -1.43. The molecule has 0 fully saturated rings. The fourth-order valence-corrected chi connectivity index (χ4v) is 5.88. The van der Waals surface area contributed by atoms with Gasteiger partial charge in [-0.25, -0.2) is 0 Å². The van der Waals surface area contributed by atoms with Crippen LogP contribution in [0.3, 0.4) is 0 Å². The largest absolute Gasteiger partial charge is 1.00 e. The van der Waals surface area contributed by atoms with Crippen molar-refractivity contribution in [1.29, 1.82) is 0 Å². The van der Waals surface area contributed by atoms with E-state index in [0.717, 1.165) is 22.1 Å². The second-order valence-electron chi connectivity index (χ2n) is 14.2. The molecule has 2 aromatic rings. The SMILES string of the molecule is C=c1ccc(C)c/c1=C(/[O-])N(CCO[Si](C)(C)C(C)(C)C)C(C)(C)c1ccc(O[Si](C)(C)C(C)(C)C)cc1.[Li+]. The average Bonchev–Trinajstić information content (AvgIpc) is 2.76. The first-order valence-corrected chi connectivity index (χ1v) is 19.6. The molecule has 0 saturated heterocycles. The van der Waals surface area contributed by atoms with Gasteiger partial charge in [-0.15, -0.1) is 0 Å². The Labute approximate surface area is 252 Å². The number of hydrogen-bond donors (Lipinski definition) is 0. The molecule has 0 aliphatic rings. The third-order valence-electron chi connectivity index (χ3n) is 8.74. The molecule has 39 heavy (non-hydrogen) atoms. The molecule has 0 unspecified atom stereocenters. The zero-order valence-electron chi connectivity index (χ0n) is 27.3. The van der Waals surface area contributed by atoms with Crippen LogP contribution in [0.15, 0.2) is 42.5 Å². The molecular formula is C32H52LiNO3Si2. The van der Waals surface area contributed by atoms with Gasteiger partial charge in [0.15, 0.2) is 8.32 Å². The summed E-state index contributed by atoms with van der Waals surface area (Å²) in [7, 11) is -3.89. The molecular weight excluding hydrogens is 509 g/mol. The van der Waals surface area contributed by atoms with Gasteiger partial charge < -0.3 is 18.9 Å². The van der Waals surface area contributed by atoms with Crippen LogP contribution in [0, 0.1) is 6.92 Å². The first-order valence-electron chi connectivity index (χ1n) is 13.8. The fourth-order valence-electron chi connectivity index (χ4n) is 3.81. The van der Waals surface area contributed by atoms with Crippen molar-refractivity contribution in [2.75, 3.05) is 13.2 Å². The van der Waals surface area contributed by atoms with E-state index in [1.165, 1.54) is 0 Å². The molecule has 0 heterocycles. The molecule has 4 nitrogen and oxygen atoms in total. The van der Waals surface area contributed by atoms with Crippen molar-refractivity contribution >= 4 is 29.1 Å². The first kappa shape index (κ1) is 35.6. The minimum Gasteiger partial charge on any atom is -0.860 e. The van der Waals surface area contributed by atoms with Crippen molar-refractivity contribution in [3.63, 3.8) is 0 Å². The molecule has 0 saturated carbocycles. The Balaban J connectivity index is 0.00000760. The molecule has 0 aliphatic carbocycles. The Kier molecular flexibility index (Phi) is 11.5. The standard InChI is InChI=1S/C32H53NO3Si2.Li/c1-24-15-16-25(2)28(23-24)29(34)33(21-22-35-37(11,12)30(3,4)5)32(9,10)26-17-19-27(20-18-26)36-38(13,14)31(6,7)8;/h15-20,23,34H,2,21-22H2,1,3-14H3;/q;+1/p-1/b29-28-;. The summed E-state index contributed by atoms with van der Waals surface area (Å²) < 4.78 is 13.0. The van der Waals surface area contributed by atoms with Crippen LogP contribution in [-0.4, -0.2) is 34.7 Å². The van der Waals surface area contributed by atoms with E-state index in [2.05, 4.69) is 100 Å². The molecule has 2 rings (SSSR count). The van der Waals surface area contributed by atoms with Crippen LogP contribution < -0.4 is 38.8 Å². The quantitative estimate of drug-likeness (QED) is 0.440. The van der Waals surface area contributed by atoms with Crippen molar-refractivity contribution < 1.29 is 32.8 Å². The molecule has 0 aromatic heterocycles. The second kappa shape index (κ2) is 12.6. The van der Waals surface area contributed by atoms with Crippen LogP contribution >= 0.6 is 0 Å². The number of benzene rings is 2. The molecule has 2 aromatic carbocycles. The third kappa shape index (κ3) is 8.53. The topological polar surface area (TPSA) is 44.8 Å². The molecule has 0 N–H and O–H groups in total. The van der Waals surface area contributed by atoms with Gasteiger partial charge in [0.2, 0.25) is 8.32 Å². The van der Waals surface area contributed by atoms with Crippen LogP contribution in [0.25, 0.3) is 12.5 Å². The Morgan fingerprint density at radius 1 is 0.846 bits per heavy atom. The summed E-state index contributed by atoms with van der Waals surface area (Å²) >= 11 is 0. The predicted molar refractivity (Wildman–Crippen MR) is 167 cm³/mol. The van der Waals surface area contributed by atoms with Crippen LogP contribution in [0.4, 0.5) is 0 Å². The van der Waals surface area contributed by atoms with E-state index in [-0.39, 0.29) is 34.8 Å². The zero-order chi connectivity index (χ0) is 29.3. The summed E-state index contributed by atoms with van der Waals surface area (Å²) in [6.07, 6.45) is 0. The maximum Gasteiger partial charge on any atom is 1.00 e. The normalized spacial score (nSPS) is 14.0. The Bertz CT molecular complexity index is 1210. The maximum absolute atomic E-state index is 14.1. The van der Waals surface area contributed by atoms with E-state index in [1.807, 2.05) is 42.2 Å². The minimum absolute atomic E-state index is 0. The summed E-state index contributed by atoms with van der Waals surface area (Å²) in [4.78, 5) is 1.95. The van der Waals surface area contributed by atoms with Gasteiger partial charge in [0.25, 0.3) is 0 Å². The van der Waals surface area contributed by atoms with Crippen molar-refractivity contribution in [3.8, 4) is 5.75 Å². The smallest absolute Gasteiger partial charge is 0.860 e. The van der Waals surface area contributed by atoms with Gasteiger partial charge in [-0.05, 0) is 91.1 Å². The van der Waals surface area contributed by atoms with Crippen LogP contribution in [0.2, 0.25) is 36.3 Å². The van der Waals surface area contributed by atoms with E-state index in [9.17, 15) is 5.11 Å². The number of nitrogens with zero attached hydrogens (tertiary/aromatic N) is 1. The number of rotatable bonds is 9. The van der Waals surface area contributed by atoms with Crippen molar-refractivity contribution in [2.24, 2.45) is 0 Å². The third-order valence-corrected chi connectivity index (χ3v) is 17.6. The van der Waals surface area contributed by atoms with Gasteiger partial charge in [0.05, 0.1) is 12.1 Å². The molecule has 0 amide bonds. The van der Waals surface area contributed by atoms with E-state index in [1.54, 1.807) is 0 Å². The Morgan fingerprint density at radius 2 is 1.36 bits per heavy atom. The van der Waals surface area contributed by atoms with E-state index < -0.39 is 22.2 Å². The second-order valence-corrected chi connectivity index (χ2v) is 23.7. The summed E-state index contributed by atoms with van der Waals surface area (Å²) in [6.45, 7) is 33.8. The van der Waals surface area contributed by atoms with Gasteiger partial charge in [-0.3, -0.25) is 0 Å². The predicted octanol–water partition coefficient (Wildman–Crippen LogP) is 3.48. The van der Waals surface area contributed by atoms with Crippen LogP contribution in [-0.2, 0) is 9.96 Å². The molecule has 0 aliphatic heterocycles. The zero-order valence-corrected chi connectivity index (χ0v) is 29.3. The van der Waals surface area contributed by atoms with E-state index in [4.69, 9.17) is 8.85 Å². The van der Waals surface area contributed by atoms with Crippen LogP contribution in [0.1, 0.15) is 66.5 Å². The summed E-state index contributed by atoms with van der Waals surface area (Å²) in [5, 5.41) is 15.7. The van der Waals surface area contributed by atoms with Gasteiger partial charge in [0.1, 0.15) is 5.75 Å². The molecule has 0 radical (unpaired) electrons. The molecule has 0 atom stereocenters. The average molecular weight is 562 g/mol. The number of aryl methyl sites for hydroxylation is 1. The minimum atomic E-state index is -1.95. The van der Waals surface area contributed by atoms with Crippen molar-refractivity contribution in [2.45, 2.75) is 104 Å². The summed E-state index contributed by atoms with van der Waals surface area (Å²) in [5.74, 6) is 0.859. The van der Waals surface area contributed by atoms with Gasteiger partial charge in [-0.2, -0.15) is 0 Å². The van der Waals surface area contributed by atoms with Gasteiger partial charge in [-0.1, -0.05) is 84.0 Å². The van der Waals surface area contributed by atoms with Gasteiger partial charge in [0, 0.05) is 6.54 Å². The Morgan fingerprint density at radius 3 is 1.85 bits per heavy atom. The van der Waals surface area contributed by atoms with E-state index >= 15 is 0 Å². The van der Waals surface area contributed by atoms with E-state index in [0.29, 0.717) is 18.4 Å². The maximum atomic E-state index is 14.1. The summed E-state index contributed by atoms with van der Waals surface area (Å²) in [6, 6.07) is 14.1. The molecule has 7 heteroatoms. The van der Waals surface area contributed by atoms with Crippen molar-refractivity contribution in [3.05, 3.63) is 64.0 Å². The van der Waals surface area contributed by atoms with Gasteiger partial charge >= 0.3 is 18.9 Å². The molecule has 0 spiro atoms. The molecule has 212 valence electrons. The number of hydrogen-bond acceptors (Lipinski definition) is 4. The first-order chi connectivity index (χ1) is 17.1. The summed E-state index contributed by atoms with van der Waals surface area (Å²) in [5.41, 5.74) is 1.53. The molecule has 0 bridgehead atoms. The monoisotopic (exact) mass is 561 g/mol. The van der Waals surface area contributed by atoms with Crippen molar-refractivity contribution in [1.82, 2.24) is 4.90 Å².